The van der Waals surface area contributed by atoms with Crippen molar-refractivity contribution in [1.82, 2.24) is 19.6 Å². The number of aromatic nitrogens is 4. The molecule has 0 bridgehead atoms. The first-order chi connectivity index (χ1) is 7.25. The van der Waals surface area contributed by atoms with Crippen molar-refractivity contribution < 1.29 is 0 Å². The minimum Gasteiger partial charge on any atom is -0.396 e. The van der Waals surface area contributed by atoms with Crippen molar-refractivity contribution in [2.75, 3.05) is 5.73 Å². The number of nitrogen functional groups attached to an aromatic ring is 1. The van der Waals surface area contributed by atoms with Gasteiger partial charge in [-0.15, -0.1) is 0 Å². The van der Waals surface area contributed by atoms with Gasteiger partial charge in [-0.2, -0.15) is 10.2 Å². The SMILES string of the molecule is Cc1c(N)cnn1C1Cc2ccnn2C1. The molecule has 15 heavy (non-hydrogen) atoms. The van der Waals surface area contributed by atoms with Gasteiger partial charge >= 0.3 is 0 Å². The molecule has 5 nitrogen and oxygen atoms in total. The molecular weight excluding hydrogens is 190 g/mol. The lowest BCUT2D eigenvalue weighted by molar-refractivity contribution is 0.423. The maximum absolute atomic E-state index is 5.78. The maximum Gasteiger partial charge on any atom is 0.0774 e. The molecule has 0 spiro atoms. The summed E-state index contributed by atoms with van der Waals surface area (Å²) < 4.78 is 4.03. The van der Waals surface area contributed by atoms with E-state index in [2.05, 4.69) is 16.3 Å². The van der Waals surface area contributed by atoms with Crippen molar-refractivity contribution in [3.05, 3.63) is 29.8 Å². The lowest BCUT2D eigenvalue weighted by Crippen LogP contribution is -2.14. The zero-order valence-corrected chi connectivity index (χ0v) is 8.59. The summed E-state index contributed by atoms with van der Waals surface area (Å²) in [5.74, 6) is 0. The Morgan fingerprint density at radius 3 is 3.00 bits per heavy atom. The normalized spacial score (nSPS) is 19.4. The molecule has 1 aliphatic heterocycles. The second-order valence-electron chi connectivity index (χ2n) is 3.99. The van der Waals surface area contributed by atoms with Crippen LogP contribution in [0.3, 0.4) is 0 Å². The lowest BCUT2D eigenvalue weighted by atomic mass is 10.2. The Morgan fingerprint density at radius 2 is 2.33 bits per heavy atom. The number of hydrogen-bond donors (Lipinski definition) is 1. The van der Waals surface area contributed by atoms with Crippen LogP contribution in [0, 0.1) is 6.92 Å². The van der Waals surface area contributed by atoms with Gasteiger partial charge in [0.25, 0.3) is 0 Å². The molecule has 0 aromatic carbocycles. The number of anilines is 1. The fraction of sp³-hybridized carbons (Fsp3) is 0.400. The summed E-state index contributed by atoms with van der Waals surface area (Å²) in [5, 5.41) is 8.56. The van der Waals surface area contributed by atoms with Crippen molar-refractivity contribution in [1.29, 1.82) is 0 Å². The summed E-state index contributed by atoms with van der Waals surface area (Å²) >= 11 is 0. The highest BCUT2D eigenvalue weighted by Crippen LogP contribution is 2.25. The summed E-state index contributed by atoms with van der Waals surface area (Å²) in [4.78, 5) is 0. The minimum atomic E-state index is 0.367. The third kappa shape index (κ3) is 1.16. The zero-order chi connectivity index (χ0) is 10.4. The van der Waals surface area contributed by atoms with Gasteiger partial charge in [0.2, 0.25) is 0 Å². The Labute approximate surface area is 87.5 Å². The van der Waals surface area contributed by atoms with E-state index in [-0.39, 0.29) is 0 Å². The second-order valence-corrected chi connectivity index (χ2v) is 3.99. The predicted octanol–water partition coefficient (Wildman–Crippen LogP) is 0.768. The van der Waals surface area contributed by atoms with Crippen LogP contribution >= 0.6 is 0 Å². The van der Waals surface area contributed by atoms with Crippen molar-refractivity contribution in [3.63, 3.8) is 0 Å². The highest BCUT2D eigenvalue weighted by Gasteiger charge is 2.24. The molecule has 0 saturated carbocycles. The first-order valence-corrected chi connectivity index (χ1v) is 5.06. The van der Waals surface area contributed by atoms with Gasteiger partial charge in [-0.25, -0.2) is 0 Å². The average Bonchev–Trinajstić information content (AvgIpc) is 2.82. The van der Waals surface area contributed by atoms with Crippen molar-refractivity contribution in [2.45, 2.75) is 25.9 Å². The Balaban J connectivity index is 1.93. The van der Waals surface area contributed by atoms with Gasteiger partial charge in [-0.05, 0) is 13.0 Å². The van der Waals surface area contributed by atoms with E-state index in [1.54, 1.807) is 6.20 Å². The fourth-order valence-electron chi connectivity index (χ4n) is 2.17. The van der Waals surface area contributed by atoms with E-state index in [9.17, 15) is 0 Å². The highest BCUT2D eigenvalue weighted by molar-refractivity contribution is 5.40. The number of nitrogens with zero attached hydrogens (tertiary/aromatic N) is 4. The molecule has 2 aromatic rings. The van der Waals surface area contributed by atoms with Gasteiger partial charge in [0, 0.05) is 18.3 Å². The van der Waals surface area contributed by atoms with Gasteiger partial charge in [-0.1, -0.05) is 0 Å². The lowest BCUT2D eigenvalue weighted by Gasteiger charge is -2.11. The van der Waals surface area contributed by atoms with E-state index in [0.717, 1.165) is 24.3 Å². The first kappa shape index (κ1) is 8.52. The zero-order valence-electron chi connectivity index (χ0n) is 8.59. The van der Waals surface area contributed by atoms with Crippen molar-refractivity contribution in [2.24, 2.45) is 0 Å². The monoisotopic (exact) mass is 203 g/mol. The number of fused-ring (bicyclic) bond motifs is 1. The molecular formula is C10H13N5. The predicted molar refractivity (Wildman–Crippen MR) is 56.3 cm³/mol. The van der Waals surface area contributed by atoms with Crippen LogP contribution in [0.5, 0.6) is 0 Å². The van der Waals surface area contributed by atoms with E-state index in [0.29, 0.717) is 6.04 Å². The molecule has 3 rings (SSSR count). The fourth-order valence-corrected chi connectivity index (χ4v) is 2.17. The summed E-state index contributed by atoms with van der Waals surface area (Å²) in [6, 6.07) is 2.42. The minimum absolute atomic E-state index is 0.367. The Kier molecular flexibility index (Phi) is 1.62. The maximum atomic E-state index is 5.78. The van der Waals surface area contributed by atoms with Crippen molar-refractivity contribution >= 4 is 5.69 Å². The van der Waals surface area contributed by atoms with Gasteiger partial charge in [0.15, 0.2) is 0 Å². The van der Waals surface area contributed by atoms with Crippen LogP contribution in [0.2, 0.25) is 0 Å². The molecule has 2 N–H and O–H groups in total. The van der Waals surface area contributed by atoms with Gasteiger partial charge < -0.3 is 5.73 Å². The standard InChI is InChI=1S/C10H13N5/c1-7-10(11)5-13-15(7)9-4-8-2-3-12-14(8)6-9/h2-3,5,9H,4,6,11H2,1H3. The molecule has 0 amide bonds. The first-order valence-electron chi connectivity index (χ1n) is 5.06. The van der Waals surface area contributed by atoms with Crippen LogP contribution in [0.15, 0.2) is 18.5 Å². The van der Waals surface area contributed by atoms with E-state index < -0.39 is 0 Å². The number of nitrogens with two attached hydrogens (primary N) is 1. The van der Waals surface area contributed by atoms with E-state index in [4.69, 9.17) is 5.73 Å². The summed E-state index contributed by atoms with van der Waals surface area (Å²) in [7, 11) is 0. The summed E-state index contributed by atoms with van der Waals surface area (Å²) in [5.41, 5.74) is 8.87. The smallest absolute Gasteiger partial charge is 0.0774 e. The summed E-state index contributed by atoms with van der Waals surface area (Å²) in [6.07, 6.45) is 4.55. The molecule has 0 saturated heterocycles. The number of hydrogen-bond acceptors (Lipinski definition) is 3. The van der Waals surface area contributed by atoms with E-state index >= 15 is 0 Å². The van der Waals surface area contributed by atoms with Gasteiger partial charge in [0.1, 0.15) is 0 Å². The largest absolute Gasteiger partial charge is 0.396 e. The Morgan fingerprint density at radius 1 is 1.47 bits per heavy atom. The molecule has 0 fully saturated rings. The van der Waals surface area contributed by atoms with Crippen LogP contribution < -0.4 is 5.73 Å². The van der Waals surface area contributed by atoms with Crippen LogP contribution in [0.1, 0.15) is 17.4 Å². The molecule has 1 unspecified atom stereocenters. The molecule has 1 atom stereocenters. The summed E-state index contributed by atoms with van der Waals surface area (Å²) in [6.45, 7) is 2.90. The van der Waals surface area contributed by atoms with Crippen LogP contribution in [0.4, 0.5) is 5.69 Å². The molecule has 78 valence electrons. The topological polar surface area (TPSA) is 61.7 Å². The Bertz CT molecular complexity index is 475. The van der Waals surface area contributed by atoms with Gasteiger partial charge in [0.05, 0.1) is 30.2 Å². The van der Waals surface area contributed by atoms with E-state index in [1.807, 2.05) is 22.5 Å². The third-order valence-electron chi connectivity index (χ3n) is 3.06. The van der Waals surface area contributed by atoms with E-state index in [1.165, 1.54) is 5.69 Å². The quantitative estimate of drug-likeness (QED) is 0.744. The highest BCUT2D eigenvalue weighted by atomic mass is 15.4. The second kappa shape index (κ2) is 2.85. The third-order valence-corrected chi connectivity index (χ3v) is 3.06. The number of rotatable bonds is 1. The average molecular weight is 203 g/mol. The molecule has 5 heteroatoms. The van der Waals surface area contributed by atoms with Crippen LogP contribution in [0.25, 0.3) is 0 Å². The molecule has 2 aromatic heterocycles. The van der Waals surface area contributed by atoms with Crippen LogP contribution in [-0.4, -0.2) is 19.6 Å². The Hall–Kier alpha value is -1.78. The molecule has 1 aliphatic rings. The van der Waals surface area contributed by atoms with Crippen molar-refractivity contribution in [3.8, 4) is 0 Å². The molecule has 0 radical (unpaired) electrons. The van der Waals surface area contributed by atoms with Gasteiger partial charge in [-0.3, -0.25) is 9.36 Å². The van der Waals surface area contributed by atoms with Crippen LogP contribution in [-0.2, 0) is 13.0 Å². The molecule has 3 heterocycles. The molecule has 0 aliphatic carbocycles.